The molecule has 0 aliphatic heterocycles. The van der Waals surface area contributed by atoms with Crippen LogP contribution < -0.4 is 17.2 Å². The van der Waals surface area contributed by atoms with Crippen molar-refractivity contribution in [2.45, 2.75) is 51.5 Å². The lowest BCUT2D eigenvalue weighted by Crippen LogP contribution is -2.39. The molecule has 0 radical (unpaired) electrons. The van der Waals surface area contributed by atoms with Crippen molar-refractivity contribution in [2.24, 2.45) is 23.1 Å². The van der Waals surface area contributed by atoms with Gasteiger partial charge in [-0.25, -0.2) is 0 Å². The zero-order chi connectivity index (χ0) is 23.4. The molecule has 28 heavy (non-hydrogen) atoms. The van der Waals surface area contributed by atoms with Gasteiger partial charge in [0.25, 0.3) is 0 Å². The van der Waals surface area contributed by atoms with Crippen molar-refractivity contribution >= 4 is 17.9 Å². The highest BCUT2D eigenvalue weighted by Crippen LogP contribution is 2.01. The maximum absolute atomic E-state index is 10.1. The molecule has 0 rings (SSSR count). The van der Waals surface area contributed by atoms with Crippen LogP contribution in [0.2, 0.25) is 0 Å². The van der Waals surface area contributed by atoms with Crippen LogP contribution in [0.25, 0.3) is 0 Å². The Morgan fingerprint density at radius 3 is 1.25 bits per heavy atom. The second-order valence-electron chi connectivity index (χ2n) is 5.80. The Kier molecular flexibility index (Phi) is 25.8. The van der Waals surface area contributed by atoms with Crippen molar-refractivity contribution in [3.63, 3.8) is 0 Å². The zero-order valence-electron chi connectivity index (χ0n) is 16.3. The molecule has 3 atom stereocenters. The normalized spacial score (nSPS) is 12.9. The lowest BCUT2D eigenvalue weighted by atomic mass is 10.1. The molecule has 0 aromatic heterocycles. The quantitative estimate of drug-likeness (QED) is 0.184. The van der Waals surface area contributed by atoms with Crippen molar-refractivity contribution in [2.75, 3.05) is 19.8 Å². The van der Waals surface area contributed by atoms with Crippen molar-refractivity contribution in [3.05, 3.63) is 0 Å². The zero-order valence-corrected chi connectivity index (χ0v) is 16.3. The molecule has 0 heterocycles. The highest BCUT2D eigenvalue weighted by Gasteiger charge is 2.16. The molecule has 0 fully saturated rings. The van der Waals surface area contributed by atoms with Gasteiger partial charge >= 0.3 is 17.9 Å². The first-order valence-electron chi connectivity index (χ1n) is 8.14. The Labute approximate surface area is 163 Å². The molecule has 0 spiro atoms. The third-order valence-electron chi connectivity index (χ3n) is 2.44. The predicted molar refractivity (Wildman–Crippen MR) is 99.2 cm³/mol. The minimum absolute atomic E-state index is 0.278. The topological polar surface area (TPSA) is 271 Å². The summed E-state index contributed by atoms with van der Waals surface area (Å²) in [6.07, 6.45) is -1.38. The second-order valence-corrected chi connectivity index (χ2v) is 5.80. The lowest BCUT2D eigenvalue weighted by Gasteiger charge is -2.07. The van der Waals surface area contributed by atoms with Gasteiger partial charge in [0, 0.05) is 0 Å². The van der Waals surface area contributed by atoms with E-state index in [0.717, 1.165) is 0 Å². The van der Waals surface area contributed by atoms with Crippen molar-refractivity contribution in [3.8, 4) is 0 Å². The van der Waals surface area contributed by atoms with Gasteiger partial charge in [-0.05, 0) is 19.3 Å². The minimum atomic E-state index is -1.18. The number of nitrogens with two attached hydrogens (primary N) is 3. The molecule has 13 nitrogen and oxygen atoms in total. The van der Waals surface area contributed by atoms with E-state index in [1.54, 1.807) is 0 Å². The highest BCUT2D eigenvalue weighted by molar-refractivity contribution is 5.73. The third kappa shape index (κ3) is 31.9. The number of carboxylic acids is 3. The highest BCUT2D eigenvalue weighted by atomic mass is 16.4. The monoisotopic (exact) mass is 417 g/mol. The van der Waals surface area contributed by atoms with E-state index < -0.39 is 42.2 Å². The summed E-state index contributed by atoms with van der Waals surface area (Å²) in [7, 11) is 0. The van der Waals surface area contributed by atoms with Crippen LogP contribution in [0, 0.1) is 5.92 Å². The van der Waals surface area contributed by atoms with Crippen molar-refractivity contribution in [1.29, 1.82) is 0 Å². The molecule has 170 valence electrons. The molecule has 0 saturated heterocycles. The van der Waals surface area contributed by atoms with Gasteiger partial charge in [0.15, 0.2) is 0 Å². The Balaban J connectivity index is -0.000000141. The smallest absolute Gasteiger partial charge is 0.323 e. The number of hydrogen-bond acceptors (Lipinski definition) is 10. The van der Waals surface area contributed by atoms with E-state index in [4.69, 9.17) is 47.2 Å². The average molecular weight is 417 g/mol. The predicted octanol–water partition coefficient (Wildman–Crippen LogP) is -3.41. The molecule has 0 amide bonds. The summed E-state index contributed by atoms with van der Waals surface area (Å²) in [5.74, 6) is -2.70. The first-order chi connectivity index (χ1) is 12.7. The number of carboxylic acid groups (broad SMARTS) is 3. The third-order valence-corrected chi connectivity index (χ3v) is 2.44. The van der Waals surface area contributed by atoms with E-state index in [-0.39, 0.29) is 19.8 Å². The van der Waals surface area contributed by atoms with E-state index in [1.807, 2.05) is 13.8 Å². The number of rotatable bonds is 8. The second kappa shape index (κ2) is 21.4. The number of carbonyl (C=O) groups is 3. The van der Waals surface area contributed by atoms with Gasteiger partial charge in [-0.15, -0.1) is 0 Å². The maximum Gasteiger partial charge on any atom is 0.323 e. The summed E-state index contributed by atoms with van der Waals surface area (Å²) < 4.78 is 0. The Morgan fingerprint density at radius 2 is 1.21 bits per heavy atom. The van der Waals surface area contributed by atoms with Gasteiger partial charge < -0.3 is 52.9 Å². The molecule has 13 N–H and O–H groups in total. The van der Waals surface area contributed by atoms with E-state index in [0.29, 0.717) is 12.3 Å². The van der Waals surface area contributed by atoms with Gasteiger partial charge in [-0.1, -0.05) is 13.8 Å². The molecule has 0 aliphatic rings. The molecule has 0 aromatic rings. The summed E-state index contributed by atoms with van der Waals surface area (Å²) >= 11 is 0. The van der Waals surface area contributed by atoms with Gasteiger partial charge in [0.2, 0.25) is 0 Å². The number of aliphatic hydroxyl groups is 4. The van der Waals surface area contributed by atoms with Crippen LogP contribution in [0.4, 0.5) is 0 Å². The molecule has 0 bridgehead atoms. The number of hydrogen-bond donors (Lipinski definition) is 10. The van der Waals surface area contributed by atoms with Gasteiger partial charge in [-0.2, -0.15) is 0 Å². The first-order valence-corrected chi connectivity index (χ1v) is 8.14. The molecule has 3 unspecified atom stereocenters. The van der Waals surface area contributed by atoms with E-state index in [9.17, 15) is 14.4 Å². The molecule has 0 aromatic carbocycles. The van der Waals surface area contributed by atoms with Crippen LogP contribution in [0.3, 0.4) is 0 Å². The summed E-state index contributed by atoms with van der Waals surface area (Å²) in [5.41, 5.74) is 14.7. The Hall–Kier alpha value is -1.87. The van der Waals surface area contributed by atoms with Crippen LogP contribution in [0.15, 0.2) is 0 Å². The standard InChI is InChI=1S/C6H13NO2.C4H9NO3.C3H8O3.C2H5NO2/c1-4(2)3-5(7)6(8)9;1-2(6)3(5)4(7)8;4-1-3(6)2-5;3-1-2(4)5/h4-5H,3,7H2,1-2H3,(H,8,9);2-3,6H,5H2,1H3,(H,7,8);3-6H,1-2H2;1,3H2,(H,4,5). The lowest BCUT2D eigenvalue weighted by molar-refractivity contribution is -0.141. The summed E-state index contributed by atoms with van der Waals surface area (Å²) in [6.45, 7) is 4.22. The van der Waals surface area contributed by atoms with Gasteiger partial charge in [0.05, 0.1) is 25.9 Å². The fourth-order valence-electron chi connectivity index (χ4n) is 0.873. The SMILES string of the molecule is CC(C)CC(N)C(=O)O.CC(O)C(N)C(=O)O.NCC(=O)O.OCC(O)CO. The summed E-state index contributed by atoms with van der Waals surface area (Å²) in [4.78, 5) is 29.2. The number of aliphatic carboxylic acids is 3. The molecular formula is C15H35N3O10. The fourth-order valence-corrected chi connectivity index (χ4v) is 0.873. The van der Waals surface area contributed by atoms with Crippen LogP contribution in [0.5, 0.6) is 0 Å². The van der Waals surface area contributed by atoms with Crippen LogP contribution in [-0.2, 0) is 14.4 Å². The van der Waals surface area contributed by atoms with E-state index in [1.165, 1.54) is 6.92 Å². The van der Waals surface area contributed by atoms with Crippen LogP contribution >= 0.6 is 0 Å². The average Bonchev–Trinajstić information content (AvgIpc) is 2.60. The molecular weight excluding hydrogens is 382 g/mol. The fraction of sp³-hybridized carbons (Fsp3) is 0.800. The molecule has 13 heteroatoms. The largest absolute Gasteiger partial charge is 0.480 e. The molecule has 0 saturated carbocycles. The van der Waals surface area contributed by atoms with Gasteiger partial charge in [-0.3, -0.25) is 14.4 Å². The van der Waals surface area contributed by atoms with E-state index >= 15 is 0 Å². The van der Waals surface area contributed by atoms with Gasteiger partial charge in [0.1, 0.15) is 18.2 Å². The minimum Gasteiger partial charge on any atom is -0.480 e. The first kappa shape index (κ1) is 33.7. The van der Waals surface area contributed by atoms with E-state index in [2.05, 4.69) is 5.73 Å². The molecule has 0 aliphatic carbocycles. The van der Waals surface area contributed by atoms with Crippen molar-refractivity contribution < 1.29 is 50.1 Å². The van der Waals surface area contributed by atoms with Crippen LogP contribution in [0.1, 0.15) is 27.2 Å². The Morgan fingerprint density at radius 1 is 0.857 bits per heavy atom. The van der Waals surface area contributed by atoms with Crippen LogP contribution in [-0.4, -0.2) is 97.7 Å². The van der Waals surface area contributed by atoms with Crippen molar-refractivity contribution in [1.82, 2.24) is 0 Å². The summed E-state index contributed by atoms with van der Waals surface area (Å²) in [5, 5.41) is 56.5. The maximum atomic E-state index is 10.1. The summed E-state index contributed by atoms with van der Waals surface area (Å²) in [6, 6.07) is -1.85. The Bertz CT molecular complexity index is 404. The number of aliphatic hydroxyl groups excluding tert-OH is 4.